The monoisotopic (exact) mass is 554 g/mol. The zero-order chi connectivity index (χ0) is 27.2. The molecule has 0 amide bonds. The number of carboxylic acids is 1. The van der Waals surface area contributed by atoms with E-state index in [1.165, 1.54) is 52.3 Å². The molecule has 0 spiro atoms. The maximum atomic E-state index is 12.2. The van der Waals surface area contributed by atoms with Gasteiger partial charge in [0.1, 0.15) is 27.6 Å². The summed E-state index contributed by atoms with van der Waals surface area (Å²) in [4.78, 5) is 18.7. The van der Waals surface area contributed by atoms with Crippen molar-refractivity contribution >= 4 is 37.6 Å². The lowest BCUT2D eigenvalue weighted by Crippen LogP contribution is -2.43. The molecule has 38 heavy (non-hydrogen) atoms. The molecule has 0 bridgehead atoms. The molecule has 5 rings (SSSR count). The number of aromatic carboxylic acids is 1. The highest BCUT2D eigenvalue weighted by Gasteiger charge is 2.29. The Hall–Kier alpha value is -4.40. The van der Waals surface area contributed by atoms with Gasteiger partial charge in [-0.3, -0.25) is 4.55 Å². The Kier molecular flexibility index (Phi) is 6.30. The van der Waals surface area contributed by atoms with Crippen LogP contribution < -0.4 is 14.3 Å². The van der Waals surface area contributed by atoms with Crippen LogP contribution in [0.4, 0.5) is 0 Å². The van der Waals surface area contributed by atoms with Crippen molar-refractivity contribution in [3.63, 3.8) is 0 Å². The van der Waals surface area contributed by atoms with Crippen molar-refractivity contribution in [1.29, 1.82) is 0 Å². The number of aromatic nitrogens is 5. The molecule has 3 aromatic carbocycles. The smallest absolute Gasteiger partial charge is 0.365 e. The number of nitrogens with zero attached hydrogens (tertiary/aromatic N) is 5. The van der Waals surface area contributed by atoms with Crippen LogP contribution in [-0.4, -0.2) is 58.2 Å². The Morgan fingerprint density at radius 1 is 1.05 bits per heavy atom. The zero-order valence-corrected chi connectivity index (χ0v) is 21.8. The molecule has 0 aliphatic heterocycles. The fraction of sp³-hybridized carbons (Fsp3) is 0.125. The fourth-order valence-corrected chi connectivity index (χ4v) is 5.51. The maximum Gasteiger partial charge on any atom is 0.365 e. The third-order valence-electron chi connectivity index (χ3n) is 5.61. The number of ether oxygens (including phenoxy) is 2. The summed E-state index contributed by atoms with van der Waals surface area (Å²) in [5, 5.41) is 19.1. The van der Waals surface area contributed by atoms with E-state index in [2.05, 4.69) is 15.2 Å². The molecular weight excluding hydrogens is 534 g/mol. The minimum Gasteiger partial charge on any atom is -0.497 e. The summed E-state index contributed by atoms with van der Waals surface area (Å²) in [5.74, 6) is -0.469. The zero-order valence-electron chi connectivity index (χ0n) is 20.2. The van der Waals surface area contributed by atoms with Gasteiger partial charge in [-0.15, -0.1) is 0 Å². The molecule has 0 saturated carbocycles. The molecule has 0 radical (unpaired) electrons. The SMILES string of the molecule is COc1ccc2nc(-[n+]3nc(-c4ccc(C)cc4S(=O)(=O)O)nn3-c3ccc(OC)c(C(=O)O)c3)sc2c1. The molecule has 2 heterocycles. The molecule has 0 unspecified atom stereocenters. The van der Waals surface area contributed by atoms with Gasteiger partial charge in [0.05, 0.1) is 24.5 Å². The molecule has 5 aromatic rings. The second kappa shape index (κ2) is 9.48. The predicted octanol–water partition coefficient (Wildman–Crippen LogP) is 3.09. The average Bonchev–Trinajstić information content (AvgIpc) is 3.51. The van der Waals surface area contributed by atoms with Crippen LogP contribution in [0, 0.1) is 6.92 Å². The number of benzene rings is 3. The first kappa shape index (κ1) is 25.3. The van der Waals surface area contributed by atoms with Gasteiger partial charge < -0.3 is 14.6 Å². The molecule has 2 N–H and O–H groups in total. The van der Waals surface area contributed by atoms with Crippen molar-refractivity contribution in [3.05, 3.63) is 65.7 Å². The van der Waals surface area contributed by atoms with Gasteiger partial charge in [0.15, 0.2) is 5.52 Å². The van der Waals surface area contributed by atoms with E-state index in [4.69, 9.17) is 9.47 Å². The van der Waals surface area contributed by atoms with Gasteiger partial charge >= 0.3 is 11.1 Å². The van der Waals surface area contributed by atoms with E-state index >= 15 is 0 Å². The van der Waals surface area contributed by atoms with Gasteiger partial charge in [-0.05, 0) is 69.6 Å². The summed E-state index contributed by atoms with van der Waals surface area (Å²) in [6.07, 6.45) is 0. The van der Waals surface area contributed by atoms with E-state index in [1.807, 2.05) is 6.07 Å². The number of fused-ring (bicyclic) bond motifs is 1. The first-order chi connectivity index (χ1) is 18.1. The van der Waals surface area contributed by atoms with Crippen LogP contribution >= 0.6 is 11.3 Å². The highest BCUT2D eigenvalue weighted by atomic mass is 32.2. The van der Waals surface area contributed by atoms with Crippen molar-refractivity contribution in [1.82, 2.24) is 20.0 Å². The van der Waals surface area contributed by atoms with Gasteiger partial charge in [0.2, 0.25) is 0 Å². The standard InChI is InChI=1S/C24H19N5O7S2/c1-13-4-7-16(21(10-13)38(32,33)34)22-26-28(14-5-9-19(36-3)17(11-14)23(30)31)29(27-22)24-25-18-8-6-15(35-2)12-20(18)37-24/h4-12H,1-3H3,(H-,30,31,32,33,34)/p+1. The lowest BCUT2D eigenvalue weighted by molar-refractivity contribution is -0.734. The largest absolute Gasteiger partial charge is 0.497 e. The Morgan fingerprint density at radius 2 is 1.84 bits per heavy atom. The van der Waals surface area contributed by atoms with Gasteiger partial charge in [0, 0.05) is 11.2 Å². The molecule has 0 aliphatic carbocycles. The number of hydrogen-bond donors (Lipinski definition) is 2. The molecule has 194 valence electrons. The van der Waals surface area contributed by atoms with Crippen LogP contribution in [0.3, 0.4) is 0 Å². The van der Waals surface area contributed by atoms with E-state index < -0.39 is 16.1 Å². The van der Waals surface area contributed by atoms with E-state index in [0.717, 1.165) is 4.70 Å². The highest BCUT2D eigenvalue weighted by Crippen LogP contribution is 2.29. The Labute approximate surface area is 220 Å². The quantitative estimate of drug-likeness (QED) is 0.226. The second-order valence-corrected chi connectivity index (χ2v) is 10.5. The van der Waals surface area contributed by atoms with E-state index in [-0.39, 0.29) is 27.6 Å². The molecular formula is C24H20N5O7S2+. The van der Waals surface area contributed by atoms with Crippen molar-refractivity contribution in [2.45, 2.75) is 11.8 Å². The van der Waals surface area contributed by atoms with Crippen molar-refractivity contribution in [2.24, 2.45) is 0 Å². The Morgan fingerprint density at radius 3 is 2.53 bits per heavy atom. The van der Waals surface area contributed by atoms with E-state index in [1.54, 1.807) is 38.3 Å². The number of rotatable bonds is 7. The number of hydrogen-bond acceptors (Lipinski definition) is 9. The molecule has 14 heteroatoms. The fourth-order valence-electron chi connectivity index (χ4n) is 3.80. The Balaban J connectivity index is 1.78. The summed E-state index contributed by atoms with van der Waals surface area (Å²) in [5.41, 5.74) is 1.50. The molecule has 2 aromatic heterocycles. The third-order valence-corrected chi connectivity index (χ3v) is 7.49. The summed E-state index contributed by atoms with van der Waals surface area (Å²) in [7, 11) is -1.70. The second-order valence-electron chi connectivity index (χ2n) is 8.10. The number of thiazole rings is 1. The van der Waals surface area contributed by atoms with Gasteiger partial charge in [-0.1, -0.05) is 22.4 Å². The van der Waals surface area contributed by atoms with Gasteiger partial charge in [-0.2, -0.15) is 8.42 Å². The average molecular weight is 555 g/mol. The number of tetrazole rings is 1. The maximum absolute atomic E-state index is 12.2. The molecule has 0 aliphatic rings. The predicted molar refractivity (Wildman–Crippen MR) is 136 cm³/mol. The van der Waals surface area contributed by atoms with Crippen LogP contribution in [0.5, 0.6) is 11.5 Å². The van der Waals surface area contributed by atoms with Gasteiger partial charge in [-0.25, -0.2) is 4.79 Å². The minimum atomic E-state index is -4.61. The summed E-state index contributed by atoms with van der Waals surface area (Å²) >= 11 is 1.27. The molecule has 0 saturated heterocycles. The van der Waals surface area contributed by atoms with Crippen LogP contribution in [0.1, 0.15) is 15.9 Å². The number of carbonyl (C=O) groups is 1. The molecule has 0 atom stereocenters. The molecule has 0 fully saturated rings. The number of carboxylic acid groups (broad SMARTS) is 1. The van der Waals surface area contributed by atoms with Crippen molar-refractivity contribution < 1.29 is 37.1 Å². The van der Waals surface area contributed by atoms with Crippen LogP contribution in [0.2, 0.25) is 0 Å². The van der Waals surface area contributed by atoms with Crippen LogP contribution in [-0.2, 0) is 10.1 Å². The van der Waals surface area contributed by atoms with Gasteiger partial charge in [0.25, 0.3) is 15.9 Å². The third kappa shape index (κ3) is 4.55. The first-order valence-corrected chi connectivity index (χ1v) is 13.2. The van der Waals surface area contributed by atoms with Crippen molar-refractivity contribution in [3.8, 4) is 33.7 Å². The van der Waals surface area contributed by atoms with E-state index in [0.29, 0.717) is 27.6 Å². The summed E-state index contributed by atoms with van der Waals surface area (Å²) < 4.78 is 45.4. The van der Waals surface area contributed by atoms with E-state index in [9.17, 15) is 22.9 Å². The number of aryl methyl sites for hydroxylation is 1. The lowest BCUT2D eigenvalue weighted by atomic mass is 10.1. The normalized spacial score (nSPS) is 11.6. The Bertz CT molecular complexity index is 1830. The lowest BCUT2D eigenvalue weighted by Gasteiger charge is -2.06. The first-order valence-electron chi connectivity index (χ1n) is 10.9. The summed E-state index contributed by atoms with van der Waals surface area (Å²) in [6.45, 7) is 1.69. The van der Waals surface area contributed by atoms with Crippen LogP contribution in [0.15, 0.2) is 59.5 Å². The van der Waals surface area contributed by atoms with Crippen molar-refractivity contribution in [2.75, 3.05) is 14.2 Å². The highest BCUT2D eigenvalue weighted by molar-refractivity contribution is 7.86. The van der Waals surface area contributed by atoms with Crippen LogP contribution in [0.25, 0.3) is 32.4 Å². The minimum absolute atomic E-state index is 0.0397. The topological polar surface area (TPSA) is 158 Å². The summed E-state index contributed by atoms with van der Waals surface area (Å²) in [6, 6.07) is 14.2. The molecule has 12 nitrogen and oxygen atoms in total. The number of methoxy groups -OCH3 is 2.